The summed E-state index contributed by atoms with van der Waals surface area (Å²) in [6.07, 6.45) is 2.69. The number of likely N-dealkylation sites (tertiary alicyclic amines) is 1. The van der Waals surface area contributed by atoms with E-state index in [1.54, 1.807) is 18.3 Å². The number of hydrogen-bond acceptors (Lipinski definition) is 4. The number of pyridine rings is 1. The van der Waals surface area contributed by atoms with E-state index in [0.29, 0.717) is 31.6 Å². The van der Waals surface area contributed by atoms with E-state index in [0.717, 1.165) is 0 Å². The zero-order chi connectivity index (χ0) is 17.0. The number of aromatic nitrogens is 1. The van der Waals surface area contributed by atoms with E-state index in [9.17, 15) is 14.3 Å². The molecule has 0 spiro atoms. The number of nitrogens with one attached hydrogen (secondary N) is 1. The van der Waals surface area contributed by atoms with Crippen LogP contribution in [0.5, 0.6) is 0 Å². The first-order chi connectivity index (χ1) is 11.6. The number of aliphatic hydroxyl groups is 1. The lowest BCUT2D eigenvalue weighted by Crippen LogP contribution is -2.45. The van der Waals surface area contributed by atoms with Gasteiger partial charge in [0, 0.05) is 19.3 Å². The van der Waals surface area contributed by atoms with Crippen LogP contribution in [0.3, 0.4) is 0 Å². The van der Waals surface area contributed by atoms with E-state index in [1.165, 1.54) is 12.1 Å². The molecule has 1 aromatic heterocycles. The highest BCUT2D eigenvalue weighted by atomic mass is 19.1. The summed E-state index contributed by atoms with van der Waals surface area (Å²) in [6.45, 7) is 1.34. The van der Waals surface area contributed by atoms with Gasteiger partial charge in [-0.3, -0.25) is 14.7 Å². The number of para-hydroxylation sites is 1. The number of nitrogens with zero attached hydrogens (tertiary/aromatic N) is 2. The molecule has 0 saturated carbocycles. The molecule has 0 bridgehead atoms. The molecule has 3 rings (SSSR count). The van der Waals surface area contributed by atoms with E-state index >= 15 is 0 Å². The molecule has 1 aliphatic rings. The molecule has 126 valence electrons. The summed E-state index contributed by atoms with van der Waals surface area (Å²) in [5.41, 5.74) is -0.0929. The molecule has 1 aromatic carbocycles. The second kappa shape index (κ2) is 7.07. The van der Waals surface area contributed by atoms with Crippen LogP contribution in [0.25, 0.3) is 0 Å². The van der Waals surface area contributed by atoms with Crippen molar-refractivity contribution in [2.75, 3.05) is 25.0 Å². The number of piperidine rings is 1. The third-order valence-corrected chi connectivity index (χ3v) is 4.34. The topological polar surface area (TPSA) is 65.5 Å². The van der Waals surface area contributed by atoms with Gasteiger partial charge in [0.2, 0.25) is 5.91 Å². The minimum absolute atomic E-state index is 0.173. The number of carbonyl (C=O) groups is 1. The Morgan fingerprint density at radius 2 is 1.92 bits per heavy atom. The van der Waals surface area contributed by atoms with Gasteiger partial charge >= 0.3 is 0 Å². The van der Waals surface area contributed by atoms with Crippen LogP contribution in [-0.2, 0) is 10.4 Å². The summed E-state index contributed by atoms with van der Waals surface area (Å²) < 4.78 is 13.5. The maximum Gasteiger partial charge on any atom is 0.238 e. The van der Waals surface area contributed by atoms with Crippen molar-refractivity contribution in [2.45, 2.75) is 18.4 Å². The van der Waals surface area contributed by atoms with Gasteiger partial charge in [-0.1, -0.05) is 18.2 Å². The first-order valence-electron chi connectivity index (χ1n) is 7.97. The Kier molecular flexibility index (Phi) is 4.87. The molecule has 2 heterocycles. The quantitative estimate of drug-likeness (QED) is 0.902. The van der Waals surface area contributed by atoms with Crippen LogP contribution in [0.4, 0.5) is 10.1 Å². The summed E-state index contributed by atoms with van der Waals surface area (Å²) >= 11 is 0. The molecule has 5 nitrogen and oxygen atoms in total. The summed E-state index contributed by atoms with van der Waals surface area (Å²) in [7, 11) is 0. The van der Waals surface area contributed by atoms with Gasteiger partial charge in [-0.05, 0) is 37.1 Å². The van der Waals surface area contributed by atoms with Crippen molar-refractivity contribution in [2.24, 2.45) is 0 Å². The van der Waals surface area contributed by atoms with Crippen molar-refractivity contribution in [1.82, 2.24) is 9.88 Å². The maximum absolute atomic E-state index is 13.5. The van der Waals surface area contributed by atoms with Gasteiger partial charge in [0.05, 0.1) is 17.9 Å². The molecule has 1 fully saturated rings. The first kappa shape index (κ1) is 16.5. The zero-order valence-corrected chi connectivity index (χ0v) is 13.3. The van der Waals surface area contributed by atoms with Crippen LogP contribution in [0.2, 0.25) is 0 Å². The van der Waals surface area contributed by atoms with Crippen molar-refractivity contribution in [3.63, 3.8) is 0 Å². The number of carbonyl (C=O) groups excluding carboxylic acids is 1. The minimum Gasteiger partial charge on any atom is -0.383 e. The molecule has 1 aliphatic heterocycles. The predicted octanol–water partition coefficient (Wildman–Crippen LogP) is 2.14. The molecule has 0 unspecified atom stereocenters. The van der Waals surface area contributed by atoms with Crippen LogP contribution < -0.4 is 5.32 Å². The Bertz CT molecular complexity index is 700. The Morgan fingerprint density at radius 3 is 2.58 bits per heavy atom. The normalized spacial score (nSPS) is 17.4. The molecule has 1 saturated heterocycles. The molecule has 24 heavy (non-hydrogen) atoms. The largest absolute Gasteiger partial charge is 0.383 e. The summed E-state index contributed by atoms with van der Waals surface area (Å²) in [5.74, 6) is -0.711. The Morgan fingerprint density at radius 1 is 1.21 bits per heavy atom. The Hall–Kier alpha value is -2.31. The number of halogens is 1. The zero-order valence-electron chi connectivity index (χ0n) is 13.3. The van der Waals surface area contributed by atoms with Gasteiger partial charge < -0.3 is 10.4 Å². The van der Waals surface area contributed by atoms with Crippen LogP contribution in [-0.4, -0.2) is 40.5 Å². The van der Waals surface area contributed by atoms with E-state index in [2.05, 4.69) is 10.3 Å². The minimum atomic E-state index is -0.945. The number of hydrogen-bond donors (Lipinski definition) is 2. The lowest BCUT2D eigenvalue weighted by atomic mass is 9.88. The average Bonchev–Trinajstić information content (AvgIpc) is 2.60. The molecule has 6 heteroatoms. The van der Waals surface area contributed by atoms with E-state index in [4.69, 9.17) is 0 Å². The lowest BCUT2D eigenvalue weighted by molar-refractivity contribution is -0.118. The number of rotatable bonds is 4. The fourth-order valence-electron chi connectivity index (χ4n) is 2.93. The van der Waals surface area contributed by atoms with Crippen LogP contribution in [0.15, 0.2) is 48.7 Å². The fraction of sp³-hybridized carbons (Fsp3) is 0.333. The molecule has 0 aliphatic carbocycles. The number of anilines is 1. The standard InChI is InChI=1S/C18H20FN3O2/c19-14-5-1-2-6-15(14)21-17(23)13-22-11-8-18(24,9-12-22)16-7-3-4-10-20-16/h1-7,10,24H,8-9,11-13H2,(H,21,23). The summed E-state index contributed by atoms with van der Waals surface area (Å²) in [5, 5.41) is 13.3. The second-order valence-electron chi connectivity index (χ2n) is 6.05. The first-order valence-corrected chi connectivity index (χ1v) is 7.97. The molecule has 2 N–H and O–H groups in total. The van der Waals surface area contributed by atoms with E-state index in [-0.39, 0.29) is 18.1 Å². The molecule has 1 amide bonds. The summed E-state index contributed by atoms with van der Waals surface area (Å²) in [4.78, 5) is 18.3. The van der Waals surface area contributed by atoms with Gasteiger partial charge in [0.1, 0.15) is 11.4 Å². The smallest absolute Gasteiger partial charge is 0.238 e. The lowest BCUT2D eigenvalue weighted by Gasteiger charge is -2.37. The highest BCUT2D eigenvalue weighted by Gasteiger charge is 2.35. The van der Waals surface area contributed by atoms with Gasteiger partial charge in [0.15, 0.2) is 0 Å². The summed E-state index contributed by atoms with van der Waals surface area (Å²) in [6, 6.07) is 11.6. The van der Waals surface area contributed by atoms with Crippen LogP contribution in [0, 0.1) is 5.82 Å². The molecular formula is C18H20FN3O2. The molecular weight excluding hydrogens is 309 g/mol. The third kappa shape index (κ3) is 3.77. The predicted molar refractivity (Wildman–Crippen MR) is 88.8 cm³/mol. The van der Waals surface area contributed by atoms with E-state index < -0.39 is 11.4 Å². The molecule has 0 atom stereocenters. The second-order valence-corrected chi connectivity index (χ2v) is 6.05. The Labute approximate surface area is 140 Å². The van der Waals surface area contributed by atoms with Crippen LogP contribution >= 0.6 is 0 Å². The van der Waals surface area contributed by atoms with Crippen molar-refractivity contribution in [3.8, 4) is 0 Å². The van der Waals surface area contributed by atoms with Crippen molar-refractivity contribution >= 4 is 11.6 Å². The third-order valence-electron chi connectivity index (χ3n) is 4.34. The maximum atomic E-state index is 13.5. The van der Waals surface area contributed by atoms with E-state index in [1.807, 2.05) is 23.1 Å². The Balaban J connectivity index is 1.54. The molecule has 2 aromatic rings. The van der Waals surface area contributed by atoms with Gasteiger partial charge in [-0.25, -0.2) is 4.39 Å². The number of amides is 1. The van der Waals surface area contributed by atoms with Gasteiger partial charge in [0.25, 0.3) is 0 Å². The highest BCUT2D eigenvalue weighted by molar-refractivity contribution is 5.92. The van der Waals surface area contributed by atoms with Crippen LogP contribution in [0.1, 0.15) is 18.5 Å². The van der Waals surface area contributed by atoms with Gasteiger partial charge in [-0.15, -0.1) is 0 Å². The van der Waals surface area contributed by atoms with Crippen molar-refractivity contribution < 1.29 is 14.3 Å². The fourth-order valence-corrected chi connectivity index (χ4v) is 2.93. The van der Waals surface area contributed by atoms with Gasteiger partial charge in [-0.2, -0.15) is 0 Å². The molecule has 0 radical (unpaired) electrons. The SMILES string of the molecule is O=C(CN1CCC(O)(c2ccccn2)CC1)Nc1ccccc1F. The average molecular weight is 329 g/mol. The highest BCUT2D eigenvalue weighted by Crippen LogP contribution is 2.31. The van der Waals surface area contributed by atoms with Crippen molar-refractivity contribution in [1.29, 1.82) is 0 Å². The monoisotopic (exact) mass is 329 g/mol. The van der Waals surface area contributed by atoms with Crippen molar-refractivity contribution in [3.05, 3.63) is 60.2 Å². The number of benzene rings is 1.